The van der Waals surface area contributed by atoms with Gasteiger partial charge in [-0.05, 0) is 42.2 Å². The van der Waals surface area contributed by atoms with Crippen LogP contribution in [0.4, 0.5) is 5.82 Å². The summed E-state index contributed by atoms with van der Waals surface area (Å²) in [5, 5.41) is 11.0. The second kappa shape index (κ2) is 9.83. The molecule has 1 amide bonds. The number of benzene rings is 3. The van der Waals surface area contributed by atoms with Crippen LogP contribution in [0.15, 0.2) is 91.1 Å². The molecule has 0 saturated carbocycles. The molecule has 0 bridgehead atoms. The van der Waals surface area contributed by atoms with Crippen molar-refractivity contribution in [2.45, 2.75) is 38.6 Å². The van der Waals surface area contributed by atoms with Gasteiger partial charge in [0.1, 0.15) is 23.7 Å². The molecule has 2 unspecified atom stereocenters. The topological polar surface area (TPSA) is 68.2 Å². The third kappa shape index (κ3) is 4.81. The van der Waals surface area contributed by atoms with Crippen molar-refractivity contribution in [2.24, 2.45) is 0 Å². The van der Waals surface area contributed by atoms with Crippen molar-refractivity contribution in [3.63, 3.8) is 0 Å². The Kier molecular flexibility index (Phi) is 6.29. The summed E-state index contributed by atoms with van der Waals surface area (Å²) in [7, 11) is 0. The summed E-state index contributed by atoms with van der Waals surface area (Å²) in [6, 6.07) is 28.5. The largest absolute Gasteiger partial charge is 0.489 e. The van der Waals surface area contributed by atoms with E-state index in [1.165, 1.54) is 5.56 Å². The van der Waals surface area contributed by atoms with E-state index in [0.29, 0.717) is 18.7 Å². The lowest BCUT2D eigenvalue weighted by Crippen LogP contribution is -2.28. The van der Waals surface area contributed by atoms with Gasteiger partial charge in [-0.15, -0.1) is 0 Å². The highest BCUT2D eigenvalue weighted by Crippen LogP contribution is 2.36. The van der Waals surface area contributed by atoms with Gasteiger partial charge >= 0.3 is 0 Å². The van der Waals surface area contributed by atoms with Gasteiger partial charge in [-0.3, -0.25) is 4.79 Å². The lowest BCUT2D eigenvalue weighted by molar-refractivity contribution is 0.0951. The van der Waals surface area contributed by atoms with Crippen LogP contribution in [0.5, 0.6) is 5.75 Å². The zero-order valence-corrected chi connectivity index (χ0v) is 19.1. The van der Waals surface area contributed by atoms with Crippen LogP contribution in [0.3, 0.4) is 0 Å². The van der Waals surface area contributed by atoms with Gasteiger partial charge in [0.05, 0.1) is 18.3 Å². The van der Waals surface area contributed by atoms with Gasteiger partial charge in [-0.25, -0.2) is 4.68 Å². The number of aromatic nitrogens is 2. The van der Waals surface area contributed by atoms with E-state index in [4.69, 9.17) is 4.74 Å². The Hall–Kier alpha value is -4.06. The van der Waals surface area contributed by atoms with Gasteiger partial charge in [0, 0.05) is 6.54 Å². The van der Waals surface area contributed by atoms with Crippen molar-refractivity contribution in [2.75, 3.05) is 5.32 Å². The van der Waals surface area contributed by atoms with Gasteiger partial charge in [0.15, 0.2) is 0 Å². The molecule has 0 fully saturated rings. The normalized spacial score (nSPS) is 16.9. The Morgan fingerprint density at radius 1 is 1.00 bits per heavy atom. The Balaban J connectivity index is 1.20. The van der Waals surface area contributed by atoms with E-state index in [1.54, 1.807) is 6.20 Å². The lowest BCUT2D eigenvalue weighted by Gasteiger charge is -2.31. The predicted octanol–water partition coefficient (Wildman–Crippen LogP) is 5.51. The molecule has 2 atom stereocenters. The highest BCUT2D eigenvalue weighted by atomic mass is 16.5. The monoisotopic (exact) mass is 452 g/mol. The number of amides is 1. The summed E-state index contributed by atoms with van der Waals surface area (Å²) in [5.41, 5.74) is 3.91. The number of nitrogens with zero attached hydrogens (tertiary/aromatic N) is 2. The number of fused-ring (bicyclic) bond motifs is 1. The molecule has 6 nitrogen and oxygen atoms in total. The third-order valence-electron chi connectivity index (χ3n) is 6.17. The average molecular weight is 453 g/mol. The number of carbonyl (C=O) groups is 1. The van der Waals surface area contributed by atoms with E-state index >= 15 is 0 Å². The van der Waals surface area contributed by atoms with Crippen LogP contribution in [0.2, 0.25) is 0 Å². The molecule has 0 aliphatic carbocycles. The van der Waals surface area contributed by atoms with E-state index in [0.717, 1.165) is 29.1 Å². The zero-order valence-electron chi connectivity index (χ0n) is 19.1. The molecule has 0 saturated heterocycles. The van der Waals surface area contributed by atoms with E-state index in [-0.39, 0.29) is 18.0 Å². The van der Waals surface area contributed by atoms with Gasteiger partial charge in [0.25, 0.3) is 5.91 Å². The van der Waals surface area contributed by atoms with Crippen molar-refractivity contribution in [1.82, 2.24) is 15.1 Å². The molecule has 5 rings (SSSR count). The van der Waals surface area contributed by atoms with Crippen molar-refractivity contribution >= 4 is 11.7 Å². The highest BCUT2D eigenvalue weighted by Gasteiger charge is 2.29. The first kappa shape index (κ1) is 21.8. The van der Waals surface area contributed by atoms with Crippen molar-refractivity contribution < 1.29 is 9.53 Å². The standard InChI is InChI=1S/C28H28N4O2/c1-20-16-26(23-10-6-3-7-11-23)31-27-25(18-30-32(20)27)28(33)29-17-21-12-14-24(15-13-21)34-19-22-8-4-2-5-9-22/h2-15,18,20,26,31H,16-17,19H2,1H3,(H,29,33). The van der Waals surface area contributed by atoms with Gasteiger partial charge in [0.2, 0.25) is 0 Å². The van der Waals surface area contributed by atoms with Crippen molar-refractivity contribution in [3.8, 4) is 5.75 Å². The third-order valence-corrected chi connectivity index (χ3v) is 6.17. The van der Waals surface area contributed by atoms with Crippen LogP contribution in [0, 0.1) is 0 Å². The fraction of sp³-hybridized carbons (Fsp3) is 0.214. The molecule has 6 heteroatoms. The Morgan fingerprint density at radius 2 is 1.71 bits per heavy atom. The molecule has 172 valence electrons. The quantitative estimate of drug-likeness (QED) is 0.388. The summed E-state index contributed by atoms with van der Waals surface area (Å²) < 4.78 is 7.75. The van der Waals surface area contributed by atoms with Crippen LogP contribution in [-0.2, 0) is 13.2 Å². The fourth-order valence-corrected chi connectivity index (χ4v) is 4.30. The van der Waals surface area contributed by atoms with Crippen LogP contribution in [0.1, 0.15) is 52.5 Å². The Labute approximate surface area is 199 Å². The second-order valence-corrected chi connectivity index (χ2v) is 8.64. The van der Waals surface area contributed by atoms with Crippen LogP contribution < -0.4 is 15.4 Å². The molecule has 1 aliphatic rings. The average Bonchev–Trinajstić information content (AvgIpc) is 3.33. The Morgan fingerprint density at radius 3 is 2.44 bits per heavy atom. The number of anilines is 1. The minimum atomic E-state index is -0.140. The van der Waals surface area contributed by atoms with Crippen LogP contribution in [0.25, 0.3) is 0 Å². The van der Waals surface area contributed by atoms with Crippen LogP contribution >= 0.6 is 0 Å². The number of nitrogens with one attached hydrogen (secondary N) is 2. The minimum absolute atomic E-state index is 0.140. The first-order valence-electron chi connectivity index (χ1n) is 11.6. The van der Waals surface area contributed by atoms with Gasteiger partial charge < -0.3 is 15.4 Å². The summed E-state index contributed by atoms with van der Waals surface area (Å²) in [5.74, 6) is 1.43. The van der Waals surface area contributed by atoms with Crippen molar-refractivity contribution in [1.29, 1.82) is 0 Å². The molecule has 2 N–H and O–H groups in total. The van der Waals surface area contributed by atoms with Gasteiger partial charge in [-0.1, -0.05) is 72.8 Å². The molecular formula is C28H28N4O2. The molecule has 1 aliphatic heterocycles. The van der Waals surface area contributed by atoms with E-state index in [1.807, 2.05) is 77.5 Å². The molecule has 3 aromatic carbocycles. The van der Waals surface area contributed by atoms with E-state index in [9.17, 15) is 4.79 Å². The second-order valence-electron chi connectivity index (χ2n) is 8.64. The predicted molar refractivity (Wildman–Crippen MR) is 133 cm³/mol. The maximum Gasteiger partial charge on any atom is 0.256 e. The number of hydrogen-bond acceptors (Lipinski definition) is 4. The first-order valence-corrected chi connectivity index (χ1v) is 11.6. The summed E-state index contributed by atoms with van der Waals surface area (Å²) in [6.07, 6.45) is 2.57. The number of rotatable bonds is 7. The number of carbonyl (C=O) groups excluding carboxylic acids is 1. The molecule has 1 aromatic heterocycles. The summed E-state index contributed by atoms with van der Waals surface area (Å²) >= 11 is 0. The SMILES string of the molecule is CC1CC(c2ccccc2)Nc2c(C(=O)NCc3ccc(OCc4ccccc4)cc3)cnn21. The molecule has 34 heavy (non-hydrogen) atoms. The zero-order chi connectivity index (χ0) is 23.3. The fourth-order valence-electron chi connectivity index (χ4n) is 4.30. The molecule has 4 aromatic rings. The van der Waals surface area contributed by atoms with Gasteiger partial charge in [-0.2, -0.15) is 5.10 Å². The molecule has 0 radical (unpaired) electrons. The molecular weight excluding hydrogens is 424 g/mol. The summed E-state index contributed by atoms with van der Waals surface area (Å²) in [6.45, 7) is 3.09. The smallest absolute Gasteiger partial charge is 0.256 e. The Bertz CT molecular complexity index is 1240. The lowest BCUT2D eigenvalue weighted by atomic mass is 9.98. The highest BCUT2D eigenvalue weighted by molar-refractivity contribution is 5.98. The number of hydrogen-bond donors (Lipinski definition) is 2. The first-order chi connectivity index (χ1) is 16.7. The summed E-state index contributed by atoms with van der Waals surface area (Å²) in [4.78, 5) is 13.0. The molecule has 0 spiro atoms. The van der Waals surface area contributed by atoms with E-state index < -0.39 is 0 Å². The maximum absolute atomic E-state index is 13.0. The maximum atomic E-state index is 13.0. The van der Waals surface area contributed by atoms with E-state index in [2.05, 4.69) is 34.8 Å². The number of ether oxygens (including phenoxy) is 1. The van der Waals surface area contributed by atoms with Crippen molar-refractivity contribution in [3.05, 3.63) is 113 Å². The molecule has 2 heterocycles. The van der Waals surface area contributed by atoms with Crippen LogP contribution in [-0.4, -0.2) is 15.7 Å². The minimum Gasteiger partial charge on any atom is -0.489 e.